The molecule has 0 unspecified atom stereocenters. The van der Waals surface area contributed by atoms with Crippen molar-refractivity contribution in [3.63, 3.8) is 0 Å². The van der Waals surface area contributed by atoms with Crippen LogP contribution in [0.2, 0.25) is 5.02 Å². The van der Waals surface area contributed by atoms with Gasteiger partial charge in [0.05, 0.1) is 30.6 Å². The van der Waals surface area contributed by atoms with Crippen LogP contribution in [0.3, 0.4) is 0 Å². The Morgan fingerprint density at radius 2 is 1.51 bits per heavy atom. The molecule has 0 radical (unpaired) electrons. The maximum Gasteiger partial charge on any atom is 0.243 e. The summed E-state index contributed by atoms with van der Waals surface area (Å²) < 4.78 is 39.9. The second-order valence-electron chi connectivity index (χ2n) is 15.6. The van der Waals surface area contributed by atoms with E-state index in [1.54, 1.807) is 23.5 Å². The molecule has 11 heteroatoms. The van der Waals surface area contributed by atoms with Gasteiger partial charge in [-0.1, -0.05) is 41.4 Å². The van der Waals surface area contributed by atoms with Gasteiger partial charge in [-0.25, -0.2) is 8.42 Å². The second kappa shape index (κ2) is 16.6. The SMILES string of the molecule is COc1cc2c(cc1OC(C)C)[C@H](c1ccc(Cl)cc1)N(c1ccc(N(C)C[C@H]3CC[C@H](N4CCN(S(=O)(=O)c5ccc(C)cc5)CC4)CC3)cc1)C(=O)C2. The Labute approximate surface area is 331 Å². The van der Waals surface area contributed by atoms with Crippen molar-refractivity contribution in [1.82, 2.24) is 9.21 Å². The zero-order valence-corrected chi connectivity index (χ0v) is 34.2. The molecule has 3 aliphatic rings. The molecule has 2 heterocycles. The number of hydrogen-bond donors (Lipinski definition) is 0. The Hall–Kier alpha value is -4.09. The van der Waals surface area contributed by atoms with E-state index in [0.29, 0.717) is 46.5 Å². The molecule has 4 aromatic carbocycles. The number of carbonyl (C=O) groups excluding carboxylic acids is 1. The number of nitrogens with zero attached hydrogens (tertiary/aromatic N) is 4. The van der Waals surface area contributed by atoms with Crippen molar-refractivity contribution in [2.45, 2.75) is 76.0 Å². The van der Waals surface area contributed by atoms with E-state index in [1.165, 1.54) is 0 Å². The molecule has 1 atom stereocenters. The van der Waals surface area contributed by atoms with E-state index in [9.17, 15) is 13.2 Å². The van der Waals surface area contributed by atoms with Crippen LogP contribution in [0.25, 0.3) is 0 Å². The number of ether oxygens (including phenoxy) is 2. The minimum atomic E-state index is -3.46. The first-order chi connectivity index (χ1) is 26.4. The van der Waals surface area contributed by atoms with Crippen molar-refractivity contribution >= 4 is 38.9 Å². The zero-order valence-electron chi connectivity index (χ0n) is 32.6. The number of anilines is 2. The van der Waals surface area contributed by atoms with Crippen molar-refractivity contribution < 1.29 is 22.7 Å². The topological polar surface area (TPSA) is 82.6 Å². The number of methoxy groups -OCH3 is 1. The van der Waals surface area contributed by atoms with Gasteiger partial charge in [0.15, 0.2) is 11.5 Å². The molecule has 1 aliphatic carbocycles. The van der Waals surface area contributed by atoms with E-state index in [4.69, 9.17) is 21.1 Å². The molecule has 0 N–H and O–H groups in total. The molecule has 0 aromatic heterocycles. The Bertz CT molecular complexity index is 2060. The zero-order chi connectivity index (χ0) is 38.9. The molecule has 292 valence electrons. The largest absolute Gasteiger partial charge is 0.493 e. The molecule has 9 nitrogen and oxygen atoms in total. The first-order valence-electron chi connectivity index (χ1n) is 19.5. The van der Waals surface area contributed by atoms with Crippen LogP contribution in [0.15, 0.2) is 89.8 Å². The predicted molar refractivity (Wildman–Crippen MR) is 220 cm³/mol. The number of sulfonamides is 1. The maximum absolute atomic E-state index is 14.0. The number of hydrogen-bond acceptors (Lipinski definition) is 7. The van der Waals surface area contributed by atoms with Gasteiger partial charge in [-0.05, 0) is 130 Å². The highest BCUT2D eigenvalue weighted by atomic mass is 35.5. The molecule has 4 aromatic rings. The van der Waals surface area contributed by atoms with Crippen molar-refractivity contribution in [2.75, 3.05) is 56.7 Å². The van der Waals surface area contributed by atoms with Crippen LogP contribution in [-0.4, -0.2) is 82.6 Å². The fourth-order valence-electron chi connectivity index (χ4n) is 8.55. The Morgan fingerprint density at radius 3 is 2.13 bits per heavy atom. The van der Waals surface area contributed by atoms with Crippen molar-refractivity contribution in [3.8, 4) is 11.5 Å². The third-order valence-corrected chi connectivity index (χ3v) is 13.7. The van der Waals surface area contributed by atoms with Gasteiger partial charge in [-0.15, -0.1) is 0 Å². The molecule has 55 heavy (non-hydrogen) atoms. The average molecular weight is 785 g/mol. The number of aryl methyl sites for hydroxylation is 1. The van der Waals surface area contributed by atoms with E-state index in [2.05, 4.69) is 41.1 Å². The molecule has 1 saturated carbocycles. The van der Waals surface area contributed by atoms with E-state index in [1.807, 2.05) is 74.2 Å². The van der Waals surface area contributed by atoms with Gasteiger partial charge >= 0.3 is 0 Å². The van der Waals surface area contributed by atoms with Gasteiger partial charge in [-0.2, -0.15) is 4.31 Å². The lowest BCUT2D eigenvalue weighted by molar-refractivity contribution is -0.118. The van der Waals surface area contributed by atoms with Gasteiger partial charge < -0.3 is 19.3 Å². The molecular weight excluding hydrogens is 732 g/mol. The standard InChI is InChI=1S/C44H53ClN4O5S/c1-30(2)54-42-28-40-34(26-41(42)53-5)27-43(50)49(44(40)33-10-12-35(45)13-11-33)38-18-16-36(17-19-38)46(4)29-32-8-14-37(15-9-32)47-22-24-48(25-23-47)55(51,52)39-20-6-31(3)7-21-39/h6-7,10-13,16-21,26,28,30,32,37,44H,8-9,14-15,22-25,27,29H2,1-5H3/t32-,37-,44-/m0/s1. The maximum atomic E-state index is 14.0. The number of piperazine rings is 1. The van der Waals surface area contributed by atoms with E-state index in [0.717, 1.165) is 78.9 Å². The van der Waals surface area contributed by atoms with Crippen LogP contribution in [0.5, 0.6) is 11.5 Å². The third-order valence-electron chi connectivity index (χ3n) is 11.5. The minimum absolute atomic E-state index is 0.0131. The number of halogens is 1. The van der Waals surface area contributed by atoms with Gasteiger partial charge in [-0.3, -0.25) is 9.69 Å². The van der Waals surface area contributed by atoms with E-state index in [-0.39, 0.29) is 24.5 Å². The molecule has 0 spiro atoms. The molecule has 2 aliphatic heterocycles. The molecule has 7 rings (SSSR count). The number of rotatable bonds is 11. The predicted octanol–water partition coefficient (Wildman–Crippen LogP) is 8.12. The summed E-state index contributed by atoms with van der Waals surface area (Å²) in [6.45, 7) is 9.52. The Morgan fingerprint density at radius 1 is 0.855 bits per heavy atom. The Balaban J connectivity index is 0.992. The third kappa shape index (κ3) is 8.53. The number of benzene rings is 4. The summed E-state index contributed by atoms with van der Waals surface area (Å²) in [6.07, 6.45) is 4.76. The molecular formula is C44H53ClN4O5S. The summed E-state index contributed by atoms with van der Waals surface area (Å²) in [7, 11) is 0.314. The lowest BCUT2D eigenvalue weighted by atomic mass is 9.84. The first-order valence-corrected chi connectivity index (χ1v) is 21.3. The smallest absolute Gasteiger partial charge is 0.243 e. The summed E-state index contributed by atoms with van der Waals surface area (Å²) in [6, 6.07) is 27.3. The molecule has 1 amide bonds. The quantitative estimate of drug-likeness (QED) is 0.152. The number of fused-ring (bicyclic) bond motifs is 1. The molecule has 0 bridgehead atoms. The monoisotopic (exact) mass is 784 g/mol. The second-order valence-corrected chi connectivity index (χ2v) is 18.0. The number of amides is 1. The lowest BCUT2D eigenvalue weighted by Gasteiger charge is -2.42. The summed E-state index contributed by atoms with van der Waals surface area (Å²) in [5.74, 6) is 1.87. The summed E-state index contributed by atoms with van der Waals surface area (Å²) in [5, 5.41) is 0.641. The summed E-state index contributed by atoms with van der Waals surface area (Å²) >= 11 is 6.31. The van der Waals surface area contributed by atoms with Gasteiger partial charge in [0.2, 0.25) is 15.9 Å². The highest BCUT2D eigenvalue weighted by molar-refractivity contribution is 7.89. The fourth-order valence-corrected chi connectivity index (χ4v) is 10.1. The average Bonchev–Trinajstić information content (AvgIpc) is 3.18. The highest BCUT2D eigenvalue weighted by Gasteiger charge is 2.37. The molecule has 2 fully saturated rings. The molecule has 1 saturated heterocycles. The fraction of sp³-hybridized carbons (Fsp3) is 0.432. The highest BCUT2D eigenvalue weighted by Crippen LogP contribution is 2.44. The first kappa shape index (κ1) is 39.2. The van der Waals surface area contributed by atoms with Crippen molar-refractivity contribution in [1.29, 1.82) is 0 Å². The van der Waals surface area contributed by atoms with Crippen molar-refractivity contribution in [3.05, 3.63) is 112 Å². The van der Waals surface area contributed by atoms with Crippen LogP contribution in [-0.2, 0) is 21.2 Å². The van der Waals surface area contributed by atoms with Crippen LogP contribution in [0.1, 0.15) is 67.8 Å². The van der Waals surface area contributed by atoms with Gasteiger partial charge in [0, 0.05) is 62.2 Å². The van der Waals surface area contributed by atoms with Gasteiger partial charge in [0.25, 0.3) is 0 Å². The minimum Gasteiger partial charge on any atom is -0.493 e. The summed E-state index contributed by atoms with van der Waals surface area (Å²) in [5.41, 5.74) is 5.89. The van der Waals surface area contributed by atoms with Crippen LogP contribution >= 0.6 is 11.6 Å². The van der Waals surface area contributed by atoms with Crippen molar-refractivity contribution in [2.24, 2.45) is 5.92 Å². The van der Waals surface area contributed by atoms with Crippen LogP contribution in [0, 0.1) is 12.8 Å². The van der Waals surface area contributed by atoms with Crippen LogP contribution in [0.4, 0.5) is 11.4 Å². The Kier molecular flexibility index (Phi) is 11.8. The van der Waals surface area contributed by atoms with Crippen LogP contribution < -0.4 is 19.3 Å². The van der Waals surface area contributed by atoms with E-state index >= 15 is 0 Å². The van der Waals surface area contributed by atoms with E-state index < -0.39 is 10.0 Å². The van der Waals surface area contributed by atoms with Gasteiger partial charge in [0.1, 0.15) is 0 Å². The number of carbonyl (C=O) groups is 1. The lowest BCUT2D eigenvalue weighted by Crippen LogP contribution is -2.52. The summed E-state index contributed by atoms with van der Waals surface area (Å²) in [4.78, 5) is 21.1. The normalized spacial score (nSPS) is 21.0.